The second-order valence-corrected chi connectivity index (χ2v) is 6.55. The van der Waals surface area contributed by atoms with Gasteiger partial charge in [-0.1, -0.05) is 101 Å². The third-order valence-electron chi connectivity index (χ3n) is 4.43. The van der Waals surface area contributed by atoms with Crippen molar-refractivity contribution in [2.24, 2.45) is 5.92 Å². The number of carbonyl (C=O) groups excluding carboxylic acids is 1. The summed E-state index contributed by atoms with van der Waals surface area (Å²) in [5, 5.41) is 0. The molecule has 0 N–H and O–H groups in total. The average Bonchev–Trinajstić information content (AvgIpc) is 2.62. The van der Waals surface area contributed by atoms with Crippen LogP contribution in [0.3, 0.4) is 0 Å². The van der Waals surface area contributed by atoms with Crippen LogP contribution in [-0.2, 0) is 16.1 Å². The Hall–Kier alpha value is -1.57. The monoisotopic (exact) mass is 330 g/mol. The summed E-state index contributed by atoms with van der Waals surface area (Å²) in [6.07, 6.45) is 14.2. The highest BCUT2D eigenvalue weighted by Gasteiger charge is 2.15. The summed E-state index contributed by atoms with van der Waals surface area (Å²) in [6, 6.07) is 9.81. The molecule has 0 aromatic heterocycles. The van der Waals surface area contributed by atoms with Crippen molar-refractivity contribution in [3.05, 3.63) is 48.6 Å². The van der Waals surface area contributed by atoms with Gasteiger partial charge in [-0.2, -0.15) is 0 Å². The minimum atomic E-state index is -0.168. The van der Waals surface area contributed by atoms with Crippen molar-refractivity contribution in [2.75, 3.05) is 0 Å². The molecular weight excluding hydrogens is 296 g/mol. The summed E-state index contributed by atoms with van der Waals surface area (Å²) in [5.74, 6) is -0.313. The van der Waals surface area contributed by atoms with Crippen LogP contribution in [0.4, 0.5) is 0 Å². The highest BCUT2D eigenvalue weighted by Crippen LogP contribution is 2.16. The minimum absolute atomic E-state index is 0.145. The summed E-state index contributed by atoms with van der Waals surface area (Å²) < 4.78 is 5.40. The maximum Gasteiger partial charge on any atom is 0.313 e. The molecule has 1 aromatic rings. The Morgan fingerprint density at radius 2 is 1.58 bits per heavy atom. The first-order valence-corrected chi connectivity index (χ1v) is 9.61. The van der Waals surface area contributed by atoms with Crippen molar-refractivity contribution in [3.8, 4) is 0 Å². The smallest absolute Gasteiger partial charge is 0.313 e. The van der Waals surface area contributed by atoms with Crippen molar-refractivity contribution < 1.29 is 9.53 Å². The number of esters is 1. The van der Waals surface area contributed by atoms with Gasteiger partial charge < -0.3 is 4.74 Å². The fourth-order valence-corrected chi connectivity index (χ4v) is 2.84. The number of hydrogen-bond donors (Lipinski definition) is 0. The minimum Gasteiger partial charge on any atom is -0.460 e. The average molecular weight is 331 g/mol. The van der Waals surface area contributed by atoms with Crippen LogP contribution in [0.25, 0.3) is 0 Å². The topological polar surface area (TPSA) is 26.3 Å². The lowest BCUT2D eigenvalue weighted by Gasteiger charge is -2.12. The molecule has 1 unspecified atom stereocenters. The molecule has 0 saturated heterocycles. The summed E-state index contributed by atoms with van der Waals surface area (Å²) in [4.78, 5) is 12.1. The Morgan fingerprint density at radius 3 is 2.17 bits per heavy atom. The second-order valence-electron chi connectivity index (χ2n) is 6.55. The zero-order valence-electron chi connectivity index (χ0n) is 15.3. The molecule has 0 bridgehead atoms. The molecule has 1 atom stereocenters. The third kappa shape index (κ3) is 9.54. The summed E-state index contributed by atoms with van der Waals surface area (Å²) >= 11 is 0. The molecule has 1 rings (SSSR count). The number of benzene rings is 1. The van der Waals surface area contributed by atoms with Crippen LogP contribution in [0.2, 0.25) is 0 Å². The fraction of sp³-hybridized carbons (Fsp3) is 0.591. The van der Waals surface area contributed by atoms with Gasteiger partial charge in [0.1, 0.15) is 6.61 Å². The van der Waals surface area contributed by atoms with E-state index in [-0.39, 0.29) is 11.9 Å². The van der Waals surface area contributed by atoms with Gasteiger partial charge in [0, 0.05) is 0 Å². The van der Waals surface area contributed by atoms with Gasteiger partial charge in [-0.25, -0.2) is 0 Å². The van der Waals surface area contributed by atoms with E-state index in [1.54, 1.807) is 6.08 Å². The van der Waals surface area contributed by atoms with Crippen LogP contribution in [0.5, 0.6) is 0 Å². The Bertz CT molecular complexity index is 439. The van der Waals surface area contributed by atoms with Crippen LogP contribution in [-0.4, -0.2) is 5.97 Å². The molecule has 2 nitrogen and oxygen atoms in total. The van der Waals surface area contributed by atoms with Crippen molar-refractivity contribution in [1.29, 1.82) is 0 Å². The van der Waals surface area contributed by atoms with E-state index in [9.17, 15) is 4.79 Å². The molecule has 0 aliphatic rings. The Morgan fingerprint density at radius 1 is 1.00 bits per heavy atom. The van der Waals surface area contributed by atoms with Crippen molar-refractivity contribution >= 4 is 5.97 Å². The van der Waals surface area contributed by atoms with Crippen LogP contribution >= 0.6 is 0 Å². The second kappa shape index (κ2) is 13.8. The number of hydrogen-bond acceptors (Lipinski definition) is 2. The first-order valence-electron chi connectivity index (χ1n) is 9.61. The first kappa shape index (κ1) is 20.5. The van der Waals surface area contributed by atoms with E-state index in [0.717, 1.165) is 18.4 Å². The standard InChI is InChI=1S/C22H34O2/c1-3-5-6-7-8-9-10-11-15-18-21(4-2)22(23)24-19-20-16-13-12-14-17-20/h4,12-14,16-17,21H,2-3,5-11,15,18-19H2,1H3. The summed E-state index contributed by atoms with van der Waals surface area (Å²) in [7, 11) is 0. The molecule has 0 fully saturated rings. The zero-order chi connectivity index (χ0) is 17.5. The van der Waals surface area contributed by atoms with Gasteiger partial charge >= 0.3 is 5.97 Å². The van der Waals surface area contributed by atoms with Crippen LogP contribution < -0.4 is 0 Å². The Kier molecular flexibility index (Phi) is 11.8. The third-order valence-corrected chi connectivity index (χ3v) is 4.43. The van der Waals surface area contributed by atoms with Gasteiger partial charge in [0.05, 0.1) is 5.92 Å². The van der Waals surface area contributed by atoms with E-state index in [2.05, 4.69) is 13.5 Å². The fourth-order valence-electron chi connectivity index (χ4n) is 2.84. The number of carbonyl (C=O) groups is 1. The quantitative estimate of drug-likeness (QED) is 0.222. The predicted molar refractivity (Wildman–Crippen MR) is 102 cm³/mol. The number of ether oxygens (including phenoxy) is 1. The van der Waals surface area contributed by atoms with Gasteiger partial charge in [-0.3, -0.25) is 4.79 Å². The van der Waals surface area contributed by atoms with Gasteiger partial charge in [0.25, 0.3) is 0 Å². The van der Waals surface area contributed by atoms with E-state index in [1.165, 1.54) is 51.4 Å². The predicted octanol–water partition coefficient (Wildman–Crippen LogP) is 6.45. The summed E-state index contributed by atoms with van der Waals surface area (Å²) in [6.45, 7) is 6.39. The van der Waals surface area contributed by atoms with E-state index in [0.29, 0.717) is 6.61 Å². The van der Waals surface area contributed by atoms with Gasteiger partial charge in [-0.15, -0.1) is 6.58 Å². The normalized spacial score (nSPS) is 11.9. The summed E-state index contributed by atoms with van der Waals surface area (Å²) in [5.41, 5.74) is 1.02. The Labute approximate surface area is 148 Å². The largest absolute Gasteiger partial charge is 0.460 e. The van der Waals surface area contributed by atoms with E-state index in [4.69, 9.17) is 4.74 Å². The first-order chi connectivity index (χ1) is 11.8. The van der Waals surface area contributed by atoms with Crippen molar-refractivity contribution in [1.82, 2.24) is 0 Å². The molecule has 0 aliphatic carbocycles. The lowest BCUT2D eigenvalue weighted by Crippen LogP contribution is -2.15. The van der Waals surface area contributed by atoms with Gasteiger partial charge in [0.15, 0.2) is 0 Å². The van der Waals surface area contributed by atoms with Crippen LogP contribution in [0, 0.1) is 5.92 Å². The Balaban J connectivity index is 2.08. The number of unbranched alkanes of at least 4 members (excludes halogenated alkanes) is 8. The molecule has 2 heteroatoms. The maximum atomic E-state index is 12.1. The lowest BCUT2D eigenvalue weighted by molar-refractivity contribution is -0.148. The highest BCUT2D eigenvalue weighted by atomic mass is 16.5. The highest BCUT2D eigenvalue weighted by molar-refractivity contribution is 5.74. The van der Waals surface area contributed by atoms with Crippen LogP contribution in [0.15, 0.2) is 43.0 Å². The van der Waals surface area contributed by atoms with E-state index < -0.39 is 0 Å². The van der Waals surface area contributed by atoms with E-state index in [1.807, 2.05) is 30.3 Å². The molecule has 0 saturated carbocycles. The SMILES string of the molecule is C=CC(CCCCCCCCCCC)C(=O)OCc1ccccc1. The molecule has 1 aromatic carbocycles. The molecule has 0 heterocycles. The number of rotatable bonds is 14. The molecule has 0 aliphatic heterocycles. The molecule has 24 heavy (non-hydrogen) atoms. The van der Waals surface area contributed by atoms with Gasteiger partial charge in [-0.05, 0) is 12.0 Å². The molecule has 0 spiro atoms. The zero-order valence-corrected chi connectivity index (χ0v) is 15.3. The van der Waals surface area contributed by atoms with E-state index >= 15 is 0 Å². The van der Waals surface area contributed by atoms with Crippen molar-refractivity contribution in [3.63, 3.8) is 0 Å². The molecule has 134 valence electrons. The van der Waals surface area contributed by atoms with Crippen LogP contribution in [0.1, 0.15) is 76.7 Å². The van der Waals surface area contributed by atoms with Crippen molar-refractivity contribution in [2.45, 2.75) is 77.7 Å². The molecule has 0 amide bonds. The maximum absolute atomic E-state index is 12.1. The molecular formula is C22H34O2. The lowest BCUT2D eigenvalue weighted by atomic mass is 10.00. The molecule has 0 radical (unpaired) electrons. The van der Waals surface area contributed by atoms with Gasteiger partial charge in [0.2, 0.25) is 0 Å².